The number of quaternary nitrogens is 1. The van der Waals surface area contributed by atoms with Gasteiger partial charge in [-0.2, -0.15) is 0 Å². The van der Waals surface area contributed by atoms with Crippen LogP contribution in [0.1, 0.15) is 78.0 Å². The number of rotatable bonds is 3. The predicted molar refractivity (Wildman–Crippen MR) is 132 cm³/mol. The van der Waals surface area contributed by atoms with E-state index in [2.05, 4.69) is 44.9 Å². The van der Waals surface area contributed by atoms with Gasteiger partial charge in [-0.1, -0.05) is 32.4 Å². The van der Waals surface area contributed by atoms with Crippen molar-refractivity contribution >= 4 is 16.9 Å². The minimum absolute atomic E-state index is 0.160. The number of aromatic nitrogens is 2. The number of H-pyrrole nitrogens is 1. The van der Waals surface area contributed by atoms with Crippen LogP contribution in [-0.2, 0) is 11.2 Å². The van der Waals surface area contributed by atoms with Gasteiger partial charge in [-0.3, -0.25) is 0 Å². The first kappa shape index (κ1) is 21.6. The summed E-state index contributed by atoms with van der Waals surface area (Å²) in [6.07, 6.45) is 10.8. The van der Waals surface area contributed by atoms with E-state index in [1.54, 1.807) is 0 Å². The molecular weight excluding hydrogens is 406 g/mol. The Bertz CT molecular complexity index is 1110. The Morgan fingerprint density at radius 3 is 2.76 bits per heavy atom. The number of fused-ring (bicyclic) bond motifs is 6. The summed E-state index contributed by atoms with van der Waals surface area (Å²) in [6, 6.07) is 8.22. The van der Waals surface area contributed by atoms with E-state index >= 15 is 0 Å². The van der Waals surface area contributed by atoms with Crippen LogP contribution in [-0.4, -0.2) is 34.0 Å². The molecule has 1 aromatic carbocycles. The molecule has 1 N–H and O–H groups in total. The standard InChI is InChI=1S/C29H40N3O/c1-19-18-20-21-8-7-14-28(21,2)15-11-22(20)29(3)16-12-26(33)32(4,27(19)29)17-13-25-30-23-9-5-6-10-24(23)31-25/h5-6,9-10,20-22H,7-8,11-18H2,1-4H3,(H,30,31)/q+1/t20-,21-,22-,28-,29+,32?/m0/s1. The summed E-state index contributed by atoms with van der Waals surface area (Å²) in [7, 11) is 2.21. The van der Waals surface area contributed by atoms with Crippen LogP contribution in [0.25, 0.3) is 11.0 Å². The number of hydrogen-bond donors (Lipinski definition) is 1. The van der Waals surface area contributed by atoms with Crippen molar-refractivity contribution in [3.8, 4) is 0 Å². The van der Waals surface area contributed by atoms with Gasteiger partial charge in [-0.25, -0.2) is 14.3 Å². The van der Waals surface area contributed by atoms with Crippen molar-refractivity contribution in [2.24, 2.45) is 28.6 Å². The second kappa shape index (κ2) is 7.28. The zero-order chi connectivity index (χ0) is 23.0. The average molecular weight is 447 g/mol. The smallest absolute Gasteiger partial charge is 0.318 e. The SMILES string of the molecule is CC1=C2[C@](C)(CCC(=O)[N+]2(C)CCc2nc3ccccc3[nH]2)[C@H]2CC[C@]3(C)CCC[C@H]3[C@@H]2C1. The average Bonchev–Trinajstić information content (AvgIpc) is 3.38. The number of nitrogens with one attached hydrogen (secondary N) is 1. The van der Waals surface area contributed by atoms with Crippen LogP contribution < -0.4 is 0 Å². The third-order valence-electron chi connectivity index (χ3n) is 10.7. The molecule has 4 heteroatoms. The van der Waals surface area contributed by atoms with Crippen LogP contribution in [0, 0.1) is 28.6 Å². The molecular formula is C29H40N3O+. The summed E-state index contributed by atoms with van der Waals surface area (Å²) in [4.78, 5) is 21.8. The third-order valence-corrected chi connectivity index (χ3v) is 10.7. The number of aromatic amines is 1. The zero-order valence-corrected chi connectivity index (χ0v) is 20.9. The van der Waals surface area contributed by atoms with Gasteiger partial charge in [0.1, 0.15) is 11.5 Å². The lowest BCUT2D eigenvalue weighted by molar-refractivity contribution is -0.808. The monoisotopic (exact) mass is 446 g/mol. The molecule has 1 amide bonds. The lowest BCUT2D eigenvalue weighted by atomic mass is 9.48. The van der Waals surface area contributed by atoms with Crippen molar-refractivity contribution < 1.29 is 9.28 Å². The van der Waals surface area contributed by atoms with Crippen molar-refractivity contribution in [1.82, 2.24) is 9.97 Å². The molecule has 6 atom stereocenters. The van der Waals surface area contributed by atoms with Crippen LogP contribution in [0.5, 0.6) is 0 Å². The van der Waals surface area contributed by atoms with Crippen molar-refractivity contribution in [2.45, 2.75) is 78.6 Å². The molecule has 176 valence electrons. The molecule has 1 aromatic heterocycles. The predicted octanol–water partition coefficient (Wildman–Crippen LogP) is 6.39. The highest BCUT2D eigenvalue weighted by Gasteiger charge is 2.62. The van der Waals surface area contributed by atoms with E-state index < -0.39 is 0 Å². The molecule has 1 unspecified atom stereocenters. The molecule has 0 spiro atoms. The number of carbonyl (C=O) groups is 1. The molecule has 4 aliphatic rings. The summed E-state index contributed by atoms with van der Waals surface area (Å²) in [6.45, 7) is 8.28. The molecule has 3 aliphatic carbocycles. The maximum atomic E-state index is 13.6. The highest BCUT2D eigenvalue weighted by Crippen LogP contribution is 2.66. The van der Waals surface area contributed by atoms with E-state index in [-0.39, 0.29) is 5.41 Å². The largest absolute Gasteiger partial charge is 0.342 e. The highest BCUT2D eigenvalue weighted by atomic mass is 16.2. The van der Waals surface area contributed by atoms with E-state index in [0.29, 0.717) is 15.8 Å². The molecule has 4 nitrogen and oxygen atoms in total. The number of nitrogens with zero attached hydrogens (tertiary/aromatic N) is 2. The van der Waals surface area contributed by atoms with Crippen LogP contribution in [0.4, 0.5) is 0 Å². The van der Waals surface area contributed by atoms with Gasteiger partial charge in [0.05, 0.1) is 37.5 Å². The first-order valence-corrected chi connectivity index (χ1v) is 13.3. The summed E-state index contributed by atoms with van der Waals surface area (Å²) in [5.74, 6) is 3.84. The number of amides is 1. The fraction of sp³-hybridized carbons (Fsp3) is 0.655. The van der Waals surface area contributed by atoms with Crippen molar-refractivity contribution in [1.29, 1.82) is 0 Å². The molecule has 2 heterocycles. The maximum absolute atomic E-state index is 13.6. The number of imidazole rings is 1. The summed E-state index contributed by atoms with van der Waals surface area (Å²) in [5, 5.41) is 0. The number of carbonyl (C=O) groups excluding carboxylic acids is 1. The van der Waals surface area contributed by atoms with E-state index in [9.17, 15) is 4.79 Å². The van der Waals surface area contributed by atoms with E-state index in [4.69, 9.17) is 4.98 Å². The highest BCUT2D eigenvalue weighted by molar-refractivity contribution is 5.75. The van der Waals surface area contributed by atoms with Crippen molar-refractivity contribution in [2.75, 3.05) is 13.6 Å². The molecule has 0 radical (unpaired) electrons. The maximum Gasteiger partial charge on any atom is 0.318 e. The minimum atomic E-state index is 0.160. The second-order valence-corrected chi connectivity index (χ2v) is 12.5. The molecule has 2 aromatic rings. The van der Waals surface area contributed by atoms with Gasteiger partial charge in [-0.15, -0.1) is 0 Å². The van der Waals surface area contributed by atoms with Crippen LogP contribution in [0.15, 0.2) is 35.5 Å². The molecule has 1 aliphatic heterocycles. The van der Waals surface area contributed by atoms with E-state index in [1.165, 1.54) is 49.8 Å². The lowest BCUT2D eigenvalue weighted by Crippen LogP contribution is -2.62. The first-order chi connectivity index (χ1) is 15.7. The lowest BCUT2D eigenvalue weighted by Gasteiger charge is -2.59. The van der Waals surface area contributed by atoms with Crippen molar-refractivity contribution in [3.63, 3.8) is 0 Å². The molecule has 2 saturated carbocycles. The number of piperidine rings is 1. The van der Waals surface area contributed by atoms with E-state index in [1.807, 2.05) is 12.1 Å². The van der Waals surface area contributed by atoms with Crippen LogP contribution in [0.3, 0.4) is 0 Å². The van der Waals surface area contributed by atoms with Gasteiger partial charge in [0.2, 0.25) is 0 Å². The minimum Gasteiger partial charge on any atom is -0.342 e. The van der Waals surface area contributed by atoms with Crippen LogP contribution >= 0.6 is 0 Å². The Kier molecular flexibility index (Phi) is 4.76. The second-order valence-electron chi connectivity index (χ2n) is 12.5. The Labute approximate surface area is 198 Å². The van der Waals surface area contributed by atoms with Gasteiger partial charge in [0.15, 0.2) is 0 Å². The third kappa shape index (κ3) is 3.05. The molecule has 1 saturated heterocycles. The zero-order valence-electron chi connectivity index (χ0n) is 20.9. The summed E-state index contributed by atoms with van der Waals surface area (Å²) >= 11 is 0. The number of benzene rings is 1. The van der Waals surface area contributed by atoms with Crippen LogP contribution in [0.2, 0.25) is 0 Å². The Morgan fingerprint density at radius 1 is 1.12 bits per heavy atom. The molecule has 33 heavy (non-hydrogen) atoms. The molecule has 3 fully saturated rings. The Hall–Kier alpha value is -1.94. The van der Waals surface area contributed by atoms with Gasteiger partial charge in [0, 0.05) is 5.41 Å². The fourth-order valence-corrected chi connectivity index (χ4v) is 9.19. The topological polar surface area (TPSA) is 45.8 Å². The number of para-hydroxylation sites is 2. The van der Waals surface area contributed by atoms with Crippen molar-refractivity contribution in [3.05, 3.63) is 41.4 Å². The normalized spacial score (nSPS) is 40.6. The number of hydrogen-bond acceptors (Lipinski definition) is 2. The summed E-state index contributed by atoms with van der Waals surface area (Å²) in [5.41, 5.74) is 5.82. The van der Waals surface area contributed by atoms with Gasteiger partial charge in [-0.05, 0) is 86.3 Å². The van der Waals surface area contributed by atoms with Gasteiger partial charge < -0.3 is 4.98 Å². The molecule has 0 bridgehead atoms. The first-order valence-electron chi connectivity index (χ1n) is 13.3. The van der Waals surface area contributed by atoms with Gasteiger partial charge >= 0.3 is 5.91 Å². The van der Waals surface area contributed by atoms with E-state index in [0.717, 1.165) is 60.4 Å². The Morgan fingerprint density at radius 2 is 1.94 bits per heavy atom. The quantitative estimate of drug-likeness (QED) is 0.555. The number of likely N-dealkylation sites (N-methyl/N-ethyl adjacent to an activating group) is 1. The van der Waals surface area contributed by atoms with Gasteiger partial charge in [0.25, 0.3) is 0 Å². The molecule has 6 rings (SSSR count). The fourth-order valence-electron chi connectivity index (χ4n) is 9.19. The summed E-state index contributed by atoms with van der Waals surface area (Å²) < 4.78 is 0.491. The number of allylic oxidation sites excluding steroid dienone is 2. The number of likely N-dealkylation sites (tertiary alicyclic amines) is 1. The Balaban J connectivity index is 1.35.